The topological polar surface area (TPSA) is 98.3 Å². The zero-order valence-electron chi connectivity index (χ0n) is 8.78. The van der Waals surface area contributed by atoms with Crippen LogP contribution in [0.15, 0.2) is 30.7 Å². The van der Waals surface area contributed by atoms with Crippen LogP contribution < -0.4 is 0 Å². The number of halogens is 1. The summed E-state index contributed by atoms with van der Waals surface area (Å²) in [6, 6.07) is 4.38. The van der Waals surface area contributed by atoms with Crippen LogP contribution in [-0.2, 0) is 0 Å². The molecule has 0 saturated carbocycles. The number of nitro benzene ring substituents is 1. The number of hydrogen-bond acceptors (Lipinski definition) is 4. The van der Waals surface area contributed by atoms with Gasteiger partial charge >= 0.3 is 11.7 Å². The number of nitrogens with zero attached hydrogens (tertiary/aromatic N) is 3. The predicted octanol–water partition coefficient (Wildman–Crippen LogP) is 2.13. The summed E-state index contributed by atoms with van der Waals surface area (Å²) >= 11 is 5.75. The second-order valence-electron chi connectivity index (χ2n) is 3.34. The van der Waals surface area contributed by atoms with E-state index >= 15 is 0 Å². The molecule has 0 aliphatic rings. The predicted molar refractivity (Wildman–Crippen MR) is 62.2 cm³/mol. The van der Waals surface area contributed by atoms with Gasteiger partial charge in [0.2, 0.25) is 0 Å². The number of benzene rings is 1. The highest BCUT2D eigenvalue weighted by atomic mass is 35.5. The molecular formula is C10H6ClN3O4. The van der Waals surface area contributed by atoms with E-state index in [2.05, 4.69) is 4.98 Å². The van der Waals surface area contributed by atoms with Crippen LogP contribution in [-0.4, -0.2) is 25.6 Å². The molecule has 0 atom stereocenters. The van der Waals surface area contributed by atoms with E-state index in [0.29, 0.717) is 0 Å². The number of carboxylic acid groups (broad SMARTS) is 1. The first kappa shape index (κ1) is 12.1. The molecule has 0 amide bonds. The normalized spacial score (nSPS) is 10.3. The first-order valence-corrected chi connectivity index (χ1v) is 5.09. The highest BCUT2D eigenvalue weighted by molar-refractivity contribution is 6.33. The highest BCUT2D eigenvalue weighted by Gasteiger charge is 2.20. The number of aromatic carboxylic acids is 1. The van der Waals surface area contributed by atoms with Crippen molar-refractivity contribution in [2.45, 2.75) is 0 Å². The van der Waals surface area contributed by atoms with Crippen molar-refractivity contribution in [1.29, 1.82) is 0 Å². The van der Waals surface area contributed by atoms with Crippen LogP contribution in [0.1, 0.15) is 10.5 Å². The van der Waals surface area contributed by atoms with Crippen LogP contribution in [0.2, 0.25) is 5.02 Å². The number of imidazole rings is 1. The van der Waals surface area contributed by atoms with Gasteiger partial charge in [0.15, 0.2) is 5.69 Å². The Kier molecular flexibility index (Phi) is 2.99. The van der Waals surface area contributed by atoms with Gasteiger partial charge in [0, 0.05) is 6.20 Å². The molecule has 0 bridgehead atoms. The lowest BCUT2D eigenvalue weighted by atomic mass is 10.2. The summed E-state index contributed by atoms with van der Waals surface area (Å²) in [6.07, 6.45) is 2.36. The second kappa shape index (κ2) is 4.46. The summed E-state index contributed by atoms with van der Waals surface area (Å²) in [5.41, 5.74) is -0.342. The fourth-order valence-corrected chi connectivity index (χ4v) is 1.70. The quantitative estimate of drug-likeness (QED) is 0.678. The first-order valence-electron chi connectivity index (χ1n) is 4.71. The molecule has 8 heteroatoms. The molecule has 18 heavy (non-hydrogen) atoms. The minimum absolute atomic E-state index is 0.0249. The molecule has 0 spiro atoms. The maximum atomic E-state index is 10.9. The third-order valence-electron chi connectivity index (χ3n) is 2.23. The van der Waals surface area contributed by atoms with Crippen LogP contribution in [0.5, 0.6) is 0 Å². The number of rotatable bonds is 3. The largest absolute Gasteiger partial charge is 0.476 e. The smallest absolute Gasteiger partial charge is 0.356 e. The molecule has 1 aromatic heterocycles. The van der Waals surface area contributed by atoms with Crippen LogP contribution in [0.3, 0.4) is 0 Å². The zero-order valence-corrected chi connectivity index (χ0v) is 9.53. The molecule has 7 nitrogen and oxygen atoms in total. The van der Waals surface area contributed by atoms with Crippen molar-refractivity contribution in [3.8, 4) is 5.69 Å². The molecule has 0 aliphatic heterocycles. The zero-order chi connectivity index (χ0) is 13.3. The van der Waals surface area contributed by atoms with E-state index in [9.17, 15) is 14.9 Å². The van der Waals surface area contributed by atoms with Crippen LogP contribution in [0, 0.1) is 10.1 Å². The number of aromatic nitrogens is 2. The molecule has 0 saturated heterocycles. The fourth-order valence-electron chi connectivity index (χ4n) is 1.46. The third kappa shape index (κ3) is 2.03. The molecule has 0 aliphatic carbocycles. The third-order valence-corrected chi connectivity index (χ3v) is 2.53. The van der Waals surface area contributed by atoms with Crippen LogP contribution in [0.4, 0.5) is 5.69 Å². The molecule has 1 aromatic carbocycles. The van der Waals surface area contributed by atoms with E-state index < -0.39 is 10.9 Å². The molecule has 0 unspecified atom stereocenters. The van der Waals surface area contributed by atoms with Gasteiger partial charge in [-0.3, -0.25) is 14.7 Å². The van der Waals surface area contributed by atoms with E-state index in [-0.39, 0.29) is 22.1 Å². The Bertz CT molecular complexity index is 638. The number of nitro groups is 1. The molecule has 2 aromatic rings. The Morgan fingerprint density at radius 2 is 2.22 bits per heavy atom. The average molecular weight is 268 g/mol. The van der Waals surface area contributed by atoms with Crippen molar-refractivity contribution in [1.82, 2.24) is 9.55 Å². The van der Waals surface area contributed by atoms with Crippen molar-refractivity contribution in [3.05, 3.63) is 51.6 Å². The van der Waals surface area contributed by atoms with Gasteiger partial charge in [0.05, 0.1) is 4.92 Å². The van der Waals surface area contributed by atoms with E-state index in [1.54, 1.807) is 0 Å². The average Bonchev–Trinajstić information content (AvgIpc) is 2.77. The number of carbonyl (C=O) groups is 1. The fraction of sp³-hybridized carbons (Fsp3) is 0. The lowest BCUT2D eigenvalue weighted by Crippen LogP contribution is -1.99. The van der Waals surface area contributed by atoms with Crippen molar-refractivity contribution in [3.63, 3.8) is 0 Å². The summed E-state index contributed by atoms with van der Waals surface area (Å²) in [5.74, 6) is -1.21. The van der Waals surface area contributed by atoms with Gasteiger partial charge in [-0.05, 0) is 12.1 Å². The van der Waals surface area contributed by atoms with Gasteiger partial charge < -0.3 is 5.11 Å². The van der Waals surface area contributed by atoms with Gasteiger partial charge in [0.25, 0.3) is 0 Å². The molecule has 92 valence electrons. The van der Waals surface area contributed by atoms with Gasteiger partial charge in [-0.25, -0.2) is 9.78 Å². The maximum absolute atomic E-state index is 10.9. The summed E-state index contributed by atoms with van der Waals surface area (Å²) < 4.78 is 1.24. The maximum Gasteiger partial charge on any atom is 0.356 e. The highest BCUT2D eigenvalue weighted by Crippen LogP contribution is 2.30. The summed E-state index contributed by atoms with van der Waals surface area (Å²) in [4.78, 5) is 24.6. The Morgan fingerprint density at radius 3 is 2.78 bits per heavy atom. The molecular weight excluding hydrogens is 262 g/mol. The Morgan fingerprint density at radius 1 is 1.50 bits per heavy atom. The second-order valence-corrected chi connectivity index (χ2v) is 3.74. The Hall–Kier alpha value is -2.41. The first-order chi connectivity index (χ1) is 8.50. The minimum atomic E-state index is -1.21. The summed E-state index contributed by atoms with van der Waals surface area (Å²) in [5, 5.41) is 19.6. The summed E-state index contributed by atoms with van der Waals surface area (Å²) in [7, 11) is 0. The van der Waals surface area contributed by atoms with Gasteiger partial charge in [0.1, 0.15) is 17.0 Å². The van der Waals surface area contributed by atoms with Crippen LogP contribution >= 0.6 is 11.6 Å². The molecule has 2 rings (SSSR count). The standard InChI is InChI=1S/C10H6ClN3O4/c11-6-2-1-3-8(9(6)14(17)18)13-4-7(10(15)16)12-5-13/h1-5H,(H,15,16). The summed E-state index contributed by atoms with van der Waals surface area (Å²) in [6.45, 7) is 0. The lowest BCUT2D eigenvalue weighted by Gasteiger charge is -2.04. The molecule has 1 N–H and O–H groups in total. The van der Waals surface area contributed by atoms with E-state index in [0.717, 1.165) is 0 Å². The van der Waals surface area contributed by atoms with Gasteiger partial charge in [-0.15, -0.1) is 0 Å². The molecule has 0 radical (unpaired) electrons. The Labute approximate surface area is 105 Å². The van der Waals surface area contributed by atoms with Crippen LogP contribution in [0.25, 0.3) is 5.69 Å². The monoisotopic (exact) mass is 267 g/mol. The van der Waals surface area contributed by atoms with E-state index in [1.165, 1.54) is 35.3 Å². The molecule has 1 heterocycles. The number of hydrogen-bond donors (Lipinski definition) is 1. The minimum Gasteiger partial charge on any atom is -0.476 e. The SMILES string of the molecule is O=C(O)c1cn(-c2cccc(Cl)c2[N+](=O)[O-])cn1. The van der Waals surface area contributed by atoms with E-state index in [1.807, 2.05) is 0 Å². The van der Waals surface area contributed by atoms with Crippen molar-refractivity contribution in [2.24, 2.45) is 0 Å². The molecule has 0 fully saturated rings. The van der Waals surface area contributed by atoms with E-state index in [4.69, 9.17) is 16.7 Å². The lowest BCUT2D eigenvalue weighted by molar-refractivity contribution is -0.384. The number of carboxylic acids is 1. The Balaban J connectivity index is 2.59. The van der Waals surface area contributed by atoms with Crippen molar-refractivity contribution < 1.29 is 14.8 Å². The number of para-hydroxylation sites is 1. The van der Waals surface area contributed by atoms with Gasteiger partial charge in [-0.2, -0.15) is 0 Å². The van der Waals surface area contributed by atoms with Gasteiger partial charge in [-0.1, -0.05) is 17.7 Å². The van der Waals surface area contributed by atoms with Crippen molar-refractivity contribution >= 4 is 23.3 Å². The van der Waals surface area contributed by atoms with Crippen molar-refractivity contribution in [2.75, 3.05) is 0 Å².